The van der Waals surface area contributed by atoms with Crippen LogP contribution in [-0.2, 0) is 20.8 Å². The number of aliphatic hydroxyl groups excluding tert-OH is 2. The Hall–Kier alpha value is -4.71. The molecule has 3 aliphatic rings. The number of hydrogen-bond donors (Lipinski definition) is 3. The molecule has 0 aromatic heterocycles. The molecule has 2 saturated heterocycles. The van der Waals surface area contributed by atoms with E-state index in [4.69, 9.17) is 9.47 Å². The molecular formula is C37H34N2O8. The second kappa shape index (κ2) is 13.2. The quantitative estimate of drug-likeness (QED) is 0.186. The largest absolute Gasteiger partial charge is 0.392 e. The lowest BCUT2D eigenvalue weighted by molar-refractivity contribution is -0.263. The van der Waals surface area contributed by atoms with Crippen LogP contribution >= 0.6 is 0 Å². The first-order valence-electron chi connectivity index (χ1n) is 15.6. The van der Waals surface area contributed by atoms with Gasteiger partial charge in [0.1, 0.15) is 0 Å². The second-order valence-electron chi connectivity index (χ2n) is 12.1. The first kappa shape index (κ1) is 30.9. The van der Waals surface area contributed by atoms with Gasteiger partial charge in [-0.3, -0.25) is 9.69 Å². The Labute approximate surface area is 271 Å². The summed E-state index contributed by atoms with van der Waals surface area (Å²) in [4.78, 5) is 39.3. The molecule has 1 unspecified atom stereocenters. The van der Waals surface area contributed by atoms with Crippen molar-refractivity contribution in [3.05, 3.63) is 136 Å². The Morgan fingerprint density at radius 2 is 1.60 bits per heavy atom. The number of cyclic esters (lactones) is 2. The Balaban J connectivity index is 1.19. The highest BCUT2D eigenvalue weighted by molar-refractivity contribution is 6.16. The number of carbonyl (C=O) groups is 3. The monoisotopic (exact) mass is 634 g/mol. The minimum Gasteiger partial charge on any atom is -0.392 e. The zero-order valence-corrected chi connectivity index (χ0v) is 25.5. The van der Waals surface area contributed by atoms with Crippen LogP contribution in [-0.4, -0.2) is 64.8 Å². The van der Waals surface area contributed by atoms with Crippen LogP contribution in [0.3, 0.4) is 0 Å². The number of carbonyl (C=O) groups excluding carboxylic acids is 3. The van der Waals surface area contributed by atoms with Crippen LogP contribution in [0.4, 0.5) is 5.69 Å². The number of anilines is 1. The second-order valence-corrected chi connectivity index (χ2v) is 12.1. The van der Waals surface area contributed by atoms with E-state index in [1.54, 1.807) is 18.2 Å². The van der Waals surface area contributed by atoms with Crippen molar-refractivity contribution in [2.75, 3.05) is 25.0 Å². The molecule has 2 fully saturated rings. The molecule has 4 aromatic carbocycles. The molecule has 240 valence electrons. The van der Waals surface area contributed by atoms with E-state index in [1.807, 2.05) is 48.5 Å². The molecule has 3 heterocycles. The summed E-state index contributed by atoms with van der Waals surface area (Å²) in [5, 5.41) is 22.8. The van der Waals surface area contributed by atoms with Gasteiger partial charge >= 0.3 is 11.9 Å². The summed E-state index contributed by atoms with van der Waals surface area (Å²) < 4.78 is 18.2. The first-order valence-corrected chi connectivity index (χ1v) is 15.6. The van der Waals surface area contributed by atoms with Gasteiger partial charge in [-0.15, -0.1) is 0 Å². The SMILES string of the molecule is O=C(Nc1cccc(C2O[C@H](CN3CC[C@@H](O)C3)[C@@H](c3ccccc3)[C@H](c3ccc(CO)cc3)O2)c1)c1ccc2c(c1)C(=O)OC2=O. The minimum absolute atomic E-state index is 0.0583. The predicted molar refractivity (Wildman–Crippen MR) is 171 cm³/mol. The Kier molecular flexibility index (Phi) is 8.68. The summed E-state index contributed by atoms with van der Waals surface area (Å²) in [6, 6.07) is 29.3. The molecule has 0 saturated carbocycles. The predicted octanol–water partition coefficient (Wildman–Crippen LogP) is 4.75. The van der Waals surface area contributed by atoms with E-state index in [2.05, 4.69) is 27.1 Å². The number of rotatable bonds is 8. The number of fused-ring (bicyclic) bond motifs is 1. The molecule has 5 atom stereocenters. The average Bonchev–Trinajstić information content (AvgIpc) is 3.64. The standard InChI is InChI=1S/C37H34N2O8/c40-21-22-9-11-24(12-10-22)33-32(23-5-2-1-3-6-23)31(20-39-16-15-28(41)19-39)45-37(46-33)26-7-4-8-27(17-26)38-34(42)25-13-14-29-30(18-25)36(44)47-35(29)43/h1-14,17-18,28,31-33,37,40-41H,15-16,19-21H2,(H,38,42)/t28-,31-,32-,33+,37?/m1/s1. The molecular weight excluding hydrogens is 600 g/mol. The van der Waals surface area contributed by atoms with Crippen molar-refractivity contribution < 1.29 is 38.8 Å². The lowest BCUT2D eigenvalue weighted by Gasteiger charge is -2.44. The van der Waals surface area contributed by atoms with E-state index >= 15 is 0 Å². The number of hydrogen-bond acceptors (Lipinski definition) is 9. The molecule has 3 N–H and O–H groups in total. The molecule has 0 bridgehead atoms. The minimum atomic E-state index is -0.785. The van der Waals surface area contributed by atoms with Crippen LogP contribution in [0.15, 0.2) is 97.1 Å². The highest BCUT2D eigenvalue weighted by Crippen LogP contribution is 2.47. The van der Waals surface area contributed by atoms with Crippen LogP contribution in [0.1, 0.15) is 78.1 Å². The van der Waals surface area contributed by atoms with Crippen molar-refractivity contribution in [3.8, 4) is 0 Å². The number of nitrogens with one attached hydrogen (secondary N) is 1. The van der Waals surface area contributed by atoms with Crippen molar-refractivity contribution in [2.45, 2.75) is 43.5 Å². The fraction of sp³-hybridized carbons (Fsp3) is 0.270. The van der Waals surface area contributed by atoms with Gasteiger partial charge in [0.25, 0.3) is 5.91 Å². The number of ether oxygens (including phenoxy) is 3. The summed E-state index contributed by atoms with van der Waals surface area (Å²) in [6.07, 6.45) is -1.17. The van der Waals surface area contributed by atoms with Crippen LogP contribution < -0.4 is 5.32 Å². The third-order valence-electron chi connectivity index (χ3n) is 8.98. The summed E-state index contributed by atoms with van der Waals surface area (Å²) in [5.41, 5.74) is 4.38. The number of amides is 1. The smallest absolute Gasteiger partial charge is 0.346 e. The van der Waals surface area contributed by atoms with E-state index in [9.17, 15) is 24.6 Å². The zero-order valence-electron chi connectivity index (χ0n) is 25.5. The maximum atomic E-state index is 13.2. The van der Waals surface area contributed by atoms with E-state index in [-0.39, 0.29) is 41.4 Å². The maximum Gasteiger partial charge on any atom is 0.346 e. The number of nitrogens with zero attached hydrogens (tertiary/aromatic N) is 1. The first-order chi connectivity index (χ1) is 22.9. The molecule has 4 aromatic rings. The molecule has 10 nitrogen and oxygen atoms in total. The molecule has 7 rings (SSSR count). The van der Waals surface area contributed by atoms with Gasteiger partial charge < -0.3 is 29.7 Å². The van der Waals surface area contributed by atoms with Crippen LogP contribution in [0.5, 0.6) is 0 Å². The van der Waals surface area contributed by atoms with Crippen LogP contribution in [0.2, 0.25) is 0 Å². The summed E-state index contributed by atoms with van der Waals surface area (Å²) in [6.45, 7) is 1.85. The van der Waals surface area contributed by atoms with E-state index in [0.29, 0.717) is 30.8 Å². The van der Waals surface area contributed by atoms with Gasteiger partial charge in [-0.2, -0.15) is 0 Å². The van der Waals surface area contributed by atoms with Gasteiger partial charge in [0, 0.05) is 42.4 Å². The fourth-order valence-electron chi connectivity index (χ4n) is 6.59. The molecule has 10 heteroatoms. The van der Waals surface area contributed by atoms with Gasteiger partial charge in [0.05, 0.1) is 36.0 Å². The molecule has 3 aliphatic heterocycles. The van der Waals surface area contributed by atoms with Crippen LogP contribution in [0.25, 0.3) is 0 Å². The Bertz CT molecular complexity index is 1790. The van der Waals surface area contributed by atoms with Crippen LogP contribution in [0, 0.1) is 0 Å². The number of esters is 2. The van der Waals surface area contributed by atoms with Crippen molar-refractivity contribution in [1.82, 2.24) is 4.90 Å². The highest BCUT2D eigenvalue weighted by Gasteiger charge is 2.43. The van der Waals surface area contributed by atoms with E-state index < -0.39 is 30.2 Å². The van der Waals surface area contributed by atoms with Gasteiger partial charge in [-0.05, 0) is 53.4 Å². The van der Waals surface area contributed by atoms with E-state index in [0.717, 1.165) is 23.2 Å². The number of benzene rings is 4. The topological polar surface area (TPSA) is 135 Å². The third kappa shape index (κ3) is 6.47. The van der Waals surface area contributed by atoms with Gasteiger partial charge in [-0.1, -0.05) is 66.7 Å². The molecule has 47 heavy (non-hydrogen) atoms. The summed E-state index contributed by atoms with van der Waals surface area (Å²) in [5.74, 6) is -2.14. The molecule has 0 spiro atoms. The lowest BCUT2D eigenvalue weighted by atomic mass is 9.83. The molecule has 0 aliphatic carbocycles. The normalized spacial score (nSPS) is 24.2. The van der Waals surface area contributed by atoms with Crippen molar-refractivity contribution in [2.24, 2.45) is 0 Å². The lowest BCUT2D eigenvalue weighted by Crippen LogP contribution is -2.44. The zero-order chi connectivity index (χ0) is 32.5. The summed E-state index contributed by atoms with van der Waals surface area (Å²) >= 11 is 0. The Morgan fingerprint density at radius 1 is 0.830 bits per heavy atom. The van der Waals surface area contributed by atoms with Gasteiger partial charge in [0.15, 0.2) is 6.29 Å². The van der Waals surface area contributed by atoms with E-state index in [1.165, 1.54) is 18.2 Å². The van der Waals surface area contributed by atoms with Crippen molar-refractivity contribution in [1.29, 1.82) is 0 Å². The maximum absolute atomic E-state index is 13.2. The van der Waals surface area contributed by atoms with Gasteiger partial charge in [-0.25, -0.2) is 9.59 Å². The average molecular weight is 635 g/mol. The third-order valence-corrected chi connectivity index (χ3v) is 8.98. The summed E-state index contributed by atoms with van der Waals surface area (Å²) in [7, 11) is 0. The van der Waals surface area contributed by atoms with Crippen molar-refractivity contribution in [3.63, 3.8) is 0 Å². The molecule has 0 radical (unpaired) electrons. The number of likely N-dealkylation sites (tertiary alicyclic amines) is 1. The highest BCUT2D eigenvalue weighted by atomic mass is 16.7. The number of aliphatic hydroxyl groups is 2. The van der Waals surface area contributed by atoms with Crippen molar-refractivity contribution >= 4 is 23.5 Å². The Morgan fingerprint density at radius 3 is 2.34 bits per heavy atom. The molecule has 1 amide bonds. The number of β-amino-alcohol motifs (C(OH)–C–C–N with tert-alkyl or cyclic N) is 1. The van der Waals surface area contributed by atoms with Gasteiger partial charge in [0.2, 0.25) is 0 Å². The fourth-order valence-corrected chi connectivity index (χ4v) is 6.59.